The molecular weight excluding hydrogens is 2010 g/mol. The number of rotatable bonds is 24. The van der Waals surface area contributed by atoms with E-state index in [1.807, 2.05) is 50.2 Å². The molecule has 10 aliphatic rings. The number of benzene rings is 8. The van der Waals surface area contributed by atoms with Gasteiger partial charge in [0, 0.05) is 136 Å². The van der Waals surface area contributed by atoms with Crippen LogP contribution in [-0.2, 0) is 155 Å². The van der Waals surface area contributed by atoms with E-state index in [0.717, 1.165) is 81.7 Å². The van der Waals surface area contributed by atoms with E-state index in [4.69, 9.17) is 38.9 Å². The van der Waals surface area contributed by atoms with E-state index >= 15 is 0 Å². The molecule has 1 aliphatic carbocycles. The third kappa shape index (κ3) is 43.1. The number of imide groups is 3. The van der Waals surface area contributed by atoms with Gasteiger partial charge in [0.1, 0.15) is 0 Å². The van der Waals surface area contributed by atoms with Crippen molar-refractivity contribution in [2.24, 2.45) is 35.2 Å². The first-order valence-corrected chi connectivity index (χ1v) is 49.3. The number of nitrogens with one attached hydrogen (secondary N) is 3. The van der Waals surface area contributed by atoms with Crippen LogP contribution in [0.2, 0.25) is 0 Å². The van der Waals surface area contributed by atoms with Gasteiger partial charge in [0.2, 0.25) is 35.4 Å². The summed E-state index contributed by atoms with van der Waals surface area (Å²) in [6, 6.07) is 59.2. The number of ether oxygens (including phenoxy) is 9. The van der Waals surface area contributed by atoms with Crippen LogP contribution >= 0.6 is 15.9 Å². The number of amides is 8. The zero-order valence-corrected chi connectivity index (χ0v) is 85.5. The van der Waals surface area contributed by atoms with Crippen LogP contribution in [0.3, 0.4) is 0 Å². The zero-order chi connectivity index (χ0) is 107. The minimum absolute atomic E-state index is 0. The number of nitrogens with two attached hydrogens (primary N) is 3. The Bertz CT molecular complexity index is 5610. The fraction of sp³-hybridized carbons (Fsp3) is 0.423. The van der Waals surface area contributed by atoms with Crippen LogP contribution in [0.1, 0.15) is 136 Å². The maximum atomic E-state index is 11.9. The van der Waals surface area contributed by atoms with Gasteiger partial charge in [0.15, 0.2) is 17.4 Å². The quantitative estimate of drug-likeness (QED) is 0.00302. The number of fused-ring (bicyclic) bond motifs is 8. The average molecular weight is 2140 g/mol. The minimum Gasteiger partial charge on any atom is -1.00 e. The van der Waals surface area contributed by atoms with Crippen LogP contribution in [0.25, 0.3) is 0 Å². The Morgan fingerprint density at radius 2 is 0.899 bits per heavy atom. The Hall–Kier alpha value is -12.7. The van der Waals surface area contributed by atoms with Crippen molar-refractivity contribution in [3.63, 3.8) is 0 Å². The van der Waals surface area contributed by atoms with Gasteiger partial charge < -0.3 is 70.4 Å². The predicted octanol–water partition coefficient (Wildman–Crippen LogP) is 7.14. The number of anilines is 2. The van der Waals surface area contributed by atoms with Gasteiger partial charge in [-0.05, 0) is 110 Å². The molecule has 0 spiro atoms. The van der Waals surface area contributed by atoms with Crippen LogP contribution in [0, 0.1) is 58.2 Å². The third-order valence-corrected chi connectivity index (χ3v) is 23.7. The average Bonchev–Trinajstić information content (AvgIpc) is 1.53. The van der Waals surface area contributed by atoms with E-state index in [9.17, 15) is 93.5 Å². The molecule has 8 aromatic rings. The summed E-state index contributed by atoms with van der Waals surface area (Å²) in [5.74, 6) is 5.50. The van der Waals surface area contributed by atoms with E-state index in [2.05, 4.69) is 125 Å². The fourth-order valence-corrected chi connectivity index (χ4v) is 16.1. The fourth-order valence-electron chi connectivity index (χ4n) is 15.7. The molecule has 0 radical (unpaired) electrons. The zero-order valence-electron chi connectivity index (χ0n) is 84.9. The number of nitro groups is 4. The van der Waals surface area contributed by atoms with Gasteiger partial charge in [-0.15, -0.1) is 6.58 Å². The number of nitrogens with zero attached hydrogens (tertiary/aromatic N) is 8. The first kappa shape index (κ1) is 127. The SMILES string of the molecule is C=CCOCc1ccccc1[N+](=O)[O-].CC.CCOC(=O)C(=O)OCC.NCC1COCc2ccccc2C1.NN.O=C1CCC(=O)N1.O=C1CCC(=O)N1CC(O)COCc1ccccc1[N+](=O)[O-].O=C1CCC(=O)N1CC1COCc2ccccc2C1.O=C1NCC2COCc3ccccc3N2C1=O.O=[N+]([O-])c1ccccc1CBr.O=[N+]([O-])c1ccccc1COCC1CC1.[AlH3].[H-].[Li+].c1ccc2c(c1)COCC1CNCCN21. The minimum atomic E-state index is -1.02. The van der Waals surface area contributed by atoms with E-state index in [1.165, 1.54) is 75.5 Å². The number of piperazine rings is 2. The summed E-state index contributed by atoms with van der Waals surface area (Å²) in [6.45, 7) is 22.7. The molecule has 5 saturated heterocycles. The number of carbonyl (C=O) groups excluding carboxylic acids is 10. The van der Waals surface area contributed by atoms with Crippen molar-refractivity contribution in [2.75, 3.05) is 115 Å². The number of carbonyl (C=O) groups is 10. The van der Waals surface area contributed by atoms with Gasteiger partial charge in [-0.3, -0.25) is 111 Å². The van der Waals surface area contributed by atoms with E-state index in [-0.39, 0.29) is 170 Å². The number of aliphatic hydroxyl groups is 1. The number of hydrogen-bond acceptors (Lipinski definition) is 33. The van der Waals surface area contributed by atoms with Gasteiger partial charge in [-0.25, -0.2) is 9.59 Å². The Labute approximate surface area is 897 Å². The summed E-state index contributed by atoms with van der Waals surface area (Å²) >= 11 is 3.17. The van der Waals surface area contributed by atoms with Gasteiger partial charge in [0.05, 0.1) is 166 Å². The summed E-state index contributed by atoms with van der Waals surface area (Å²) in [4.78, 5) is 158. The number of para-hydroxylation sites is 6. The summed E-state index contributed by atoms with van der Waals surface area (Å²) in [5.41, 5.74) is 18.0. The monoisotopic (exact) mass is 2140 g/mol. The molecule has 1 saturated carbocycles. The van der Waals surface area contributed by atoms with Crippen LogP contribution in [-0.4, -0.2) is 235 Å². The number of β-amino-alcohol motifs (C(OH)–C–C–N with tert-alkyl or cyclic N) is 1. The Morgan fingerprint density at radius 1 is 0.510 bits per heavy atom. The standard InChI is InChI=1S/C15H17NO3.C14H16N2O6.C12H12N2O3.C12H16N2O.C11H13NO3.C11H15NO.C10H11NO3.C7H6BrNO2.C6H10O4.C4H5NO2.C2H6.Al.Li.H4N2.4H/c17-14-5-6-15(18)16(14)8-11-7-12-3-1-2-4-13(12)10-19-9-11;17-11(7-15-13(18)5-6-14(15)19)9-22-8-10-3-1-2-4-12(10)16(20)21;15-11-12(16)14-9(5-13-11)7-17-6-8-3-1-2-4-10(8)14;1-2-4-12-10(3-1)8-15-9-11-7-13-5-6-14(11)12;13-12(14)11-4-2-1-3-10(11)8-15-7-9-5-6-9;12-6-9-5-10-3-1-2-4-11(10)8-13-7-9;1-2-7-14-8-9-5-3-4-6-10(9)11(12)13;8-5-6-3-1-2-4-7(6)9(10)11;1-3-9-5(7)6(8)10-4-2;6-3-1-2-4(7)5-3;1-2;;;1-2;;;;/h1-4,11H,5-10H2;1-4,11,17H,5-9H2;1-4,9H,5-7H2,(H,13,15);1-4,11,13H,5-9H2;1-4,9H,5-8H2;1-4,9H,5-8,12H2;2-6H,1,7-8H2;1-4H,5H2;3-4H2,1-2H3;1-2H2,(H,5,6,7);1-2H3;;;1-2H2;;;;/q;;;;;;;;;;;;+1;;;;;-1. The topological polar surface area (TPSA) is 574 Å². The van der Waals surface area contributed by atoms with Crippen LogP contribution in [0.5, 0.6) is 0 Å². The van der Waals surface area contributed by atoms with Gasteiger partial charge >= 0.3 is 42.6 Å². The van der Waals surface area contributed by atoms with Crippen molar-refractivity contribution in [3.8, 4) is 0 Å². The molecule has 5 unspecified atom stereocenters. The molecule has 10 N–H and O–H groups in total. The summed E-state index contributed by atoms with van der Waals surface area (Å²) < 4.78 is 46.9. The molecule has 800 valence electrons. The first-order chi connectivity index (χ1) is 71.1. The number of hydrogen-bond donors (Lipinski definition) is 7. The molecule has 9 heterocycles. The second kappa shape index (κ2) is 70.3. The molecule has 6 fully saturated rings. The smallest absolute Gasteiger partial charge is 1.00 e. The van der Waals surface area contributed by atoms with Gasteiger partial charge in [0.25, 0.3) is 22.7 Å². The number of nitro benzene ring substituents is 4. The molecule has 149 heavy (non-hydrogen) atoms. The first-order valence-electron chi connectivity index (χ1n) is 48.2. The van der Waals surface area contributed by atoms with Crippen molar-refractivity contribution in [1.29, 1.82) is 0 Å². The van der Waals surface area contributed by atoms with Crippen molar-refractivity contribution >= 4 is 127 Å². The van der Waals surface area contributed by atoms with Crippen LogP contribution in [0.15, 0.2) is 207 Å². The molecule has 0 aromatic heterocycles. The number of esters is 2. The Morgan fingerprint density at radius 3 is 1.34 bits per heavy atom. The number of alkyl halides is 1. The summed E-state index contributed by atoms with van der Waals surface area (Å²) in [6.07, 6.45) is 6.80. The van der Waals surface area contributed by atoms with Crippen LogP contribution < -0.4 is 62.0 Å². The molecule has 8 amide bonds. The Kier molecular flexibility index (Phi) is 59.9. The summed E-state index contributed by atoms with van der Waals surface area (Å²) in [5, 5.41) is 60.9. The van der Waals surface area contributed by atoms with Crippen molar-refractivity contribution in [2.45, 2.75) is 162 Å². The predicted molar refractivity (Wildman–Crippen MR) is 557 cm³/mol. The van der Waals surface area contributed by atoms with Crippen molar-refractivity contribution in [1.82, 2.24) is 25.8 Å². The van der Waals surface area contributed by atoms with Crippen LogP contribution in [0.4, 0.5) is 34.1 Å². The Balaban J connectivity index is 0.000000348. The van der Waals surface area contributed by atoms with Gasteiger partial charge in [-0.2, -0.15) is 0 Å². The number of halogens is 1. The van der Waals surface area contributed by atoms with Gasteiger partial charge in [-0.1, -0.05) is 175 Å². The number of aliphatic hydroxyl groups excluding tert-OH is 1. The van der Waals surface area contributed by atoms with E-state index in [1.54, 1.807) is 97.6 Å². The second-order valence-corrected chi connectivity index (χ2v) is 34.2. The molecule has 9 aliphatic heterocycles. The third-order valence-electron chi connectivity index (χ3n) is 23.1. The molecule has 0 bridgehead atoms. The van der Waals surface area contributed by atoms with E-state index in [0.29, 0.717) is 130 Å². The maximum Gasteiger partial charge on any atom is 1.00 e. The summed E-state index contributed by atoms with van der Waals surface area (Å²) in [7, 11) is 0. The molecule has 42 nitrogen and oxygen atoms in total. The van der Waals surface area contributed by atoms with Crippen molar-refractivity contribution in [3.05, 3.63) is 303 Å². The van der Waals surface area contributed by atoms with E-state index < -0.39 is 39.7 Å². The molecular formula is C104H135AlBrLiN14O28. The number of hydrazine groups is 1. The largest absolute Gasteiger partial charge is 1.00 e. The molecule has 5 atom stereocenters. The maximum absolute atomic E-state index is 11.9. The van der Waals surface area contributed by atoms with Crippen molar-refractivity contribution < 1.29 is 136 Å². The molecule has 8 aromatic carbocycles. The molecule has 18 rings (SSSR count). The number of likely N-dealkylation sites (tertiary alicyclic amines) is 2. The second-order valence-electron chi connectivity index (χ2n) is 33.6. The molecule has 45 heteroatoms. The normalized spacial score (nSPS) is 17.3.